The molecule has 1 aliphatic rings. The molecule has 29 heavy (non-hydrogen) atoms. The molecular weight excluding hydrogens is 374 g/mol. The van der Waals surface area contributed by atoms with Crippen LogP contribution in [0.4, 0.5) is 0 Å². The maximum atomic E-state index is 12.7. The molecule has 0 fully saturated rings. The van der Waals surface area contributed by atoms with Crippen molar-refractivity contribution in [2.24, 2.45) is 0 Å². The monoisotopic (exact) mass is 395 g/mol. The highest BCUT2D eigenvalue weighted by Gasteiger charge is 2.36. The molecule has 0 saturated carbocycles. The number of pyridine rings is 1. The van der Waals surface area contributed by atoms with E-state index in [9.17, 15) is 19.2 Å². The van der Waals surface area contributed by atoms with Gasteiger partial charge in [0.05, 0.1) is 23.2 Å². The number of nitrogens with one attached hydrogen (secondary N) is 1. The van der Waals surface area contributed by atoms with Crippen LogP contribution in [0.2, 0.25) is 0 Å². The lowest BCUT2D eigenvalue weighted by Crippen LogP contribution is -2.39. The van der Waals surface area contributed by atoms with E-state index in [4.69, 9.17) is 4.74 Å². The van der Waals surface area contributed by atoms with Gasteiger partial charge in [-0.1, -0.05) is 0 Å². The van der Waals surface area contributed by atoms with Gasteiger partial charge in [-0.2, -0.15) is 0 Å². The molecule has 8 nitrogen and oxygen atoms in total. The van der Waals surface area contributed by atoms with E-state index in [2.05, 4.69) is 10.3 Å². The average Bonchev–Trinajstić information content (AvgIpc) is 2.92. The van der Waals surface area contributed by atoms with Gasteiger partial charge in [-0.25, -0.2) is 4.79 Å². The fourth-order valence-electron chi connectivity index (χ4n) is 2.92. The Morgan fingerprint density at radius 2 is 1.69 bits per heavy atom. The molecule has 0 spiro atoms. The number of carbonyl (C=O) groups is 4. The van der Waals surface area contributed by atoms with E-state index in [0.29, 0.717) is 0 Å². The largest absolute Gasteiger partial charge is 0.449 e. The Kier molecular flexibility index (Phi) is 5.72. The number of hydrogen-bond donors (Lipinski definition) is 1. The molecule has 3 amide bonds. The lowest BCUT2D eigenvalue weighted by Gasteiger charge is -2.15. The number of nitrogens with zero attached hydrogens (tertiary/aromatic N) is 2. The molecule has 1 N–H and O–H groups in total. The smallest absolute Gasteiger partial charge is 0.338 e. The topological polar surface area (TPSA) is 106 Å². The first kappa shape index (κ1) is 20.2. The fourth-order valence-corrected chi connectivity index (χ4v) is 2.92. The van der Waals surface area contributed by atoms with Gasteiger partial charge in [0.25, 0.3) is 17.7 Å². The summed E-state index contributed by atoms with van der Waals surface area (Å²) in [4.78, 5) is 54.6. The molecule has 2 aromatic rings. The van der Waals surface area contributed by atoms with E-state index < -0.39 is 29.8 Å². The Morgan fingerprint density at radius 1 is 1.03 bits per heavy atom. The minimum absolute atomic E-state index is 0.0846. The maximum Gasteiger partial charge on any atom is 0.338 e. The zero-order valence-corrected chi connectivity index (χ0v) is 16.3. The van der Waals surface area contributed by atoms with E-state index in [-0.39, 0.29) is 29.3 Å². The molecule has 0 saturated heterocycles. The van der Waals surface area contributed by atoms with Crippen molar-refractivity contribution in [2.45, 2.75) is 39.5 Å². The summed E-state index contributed by atoms with van der Waals surface area (Å²) >= 11 is 0. The van der Waals surface area contributed by atoms with Crippen LogP contribution in [-0.2, 0) is 16.1 Å². The summed E-state index contributed by atoms with van der Waals surface area (Å²) in [7, 11) is 0. The van der Waals surface area contributed by atoms with Gasteiger partial charge in [-0.05, 0) is 56.7 Å². The third kappa shape index (κ3) is 4.31. The molecule has 0 radical (unpaired) electrons. The third-order valence-electron chi connectivity index (χ3n) is 4.38. The van der Waals surface area contributed by atoms with Crippen molar-refractivity contribution in [3.63, 3.8) is 0 Å². The van der Waals surface area contributed by atoms with Gasteiger partial charge < -0.3 is 10.1 Å². The SMILES string of the molecule is CC(C)NC(=O)[C@H](C)OC(=O)c1ccc2c(c1)C(=O)N(Cc1ccncc1)C2=O. The molecule has 0 aliphatic carbocycles. The fraction of sp³-hybridized carbons (Fsp3) is 0.286. The standard InChI is InChI=1S/C21H21N3O5/c1-12(2)23-18(25)13(3)29-21(28)15-4-5-16-17(10-15)20(27)24(19(16)26)11-14-6-8-22-9-7-14/h4-10,12-13H,11H2,1-3H3,(H,23,25)/t13-/m0/s1. The number of fused-ring (bicyclic) bond motifs is 1. The quantitative estimate of drug-likeness (QED) is 0.592. The molecule has 150 valence electrons. The van der Waals surface area contributed by atoms with E-state index in [0.717, 1.165) is 10.5 Å². The van der Waals surface area contributed by atoms with E-state index in [1.807, 2.05) is 0 Å². The van der Waals surface area contributed by atoms with Crippen LogP contribution in [0.15, 0.2) is 42.7 Å². The number of amides is 3. The van der Waals surface area contributed by atoms with Crippen molar-refractivity contribution in [2.75, 3.05) is 0 Å². The Morgan fingerprint density at radius 3 is 2.34 bits per heavy atom. The van der Waals surface area contributed by atoms with Gasteiger partial charge in [0.2, 0.25) is 0 Å². The summed E-state index contributed by atoms with van der Waals surface area (Å²) < 4.78 is 5.18. The van der Waals surface area contributed by atoms with Crippen molar-refractivity contribution in [3.8, 4) is 0 Å². The van der Waals surface area contributed by atoms with Crippen molar-refractivity contribution in [1.82, 2.24) is 15.2 Å². The highest BCUT2D eigenvalue weighted by atomic mass is 16.5. The summed E-state index contributed by atoms with van der Waals surface area (Å²) in [5, 5.41) is 2.66. The number of rotatable bonds is 6. The number of imide groups is 1. The molecule has 1 aromatic heterocycles. The van der Waals surface area contributed by atoms with Crippen molar-refractivity contribution in [3.05, 3.63) is 65.0 Å². The van der Waals surface area contributed by atoms with Gasteiger partial charge in [0.1, 0.15) is 0 Å². The molecule has 1 atom stereocenters. The number of aromatic nitrogens is 1. The lowest BCUT2D eigenvalue weighted by atomic mass is 10.1. The molecular formula is C21H21N3O5. The zero-order valence-electron chi connectivity index (χ0n) is 16.3. The first-order valence-electron chi connectivity index (χ1n) is 9.18. The normalized spacial score (nSPS) is 14.0. The number of benzene rings is 1. The van der Waals surface area contributed by atoms with Gasteiger partial charge in [0.15, 0.2) is 6.10 Å². The average molecular weight is 395 g/mol. The van der Waals surface area contributed by atoms with E-state index in [1.165, 1.54) is 25.1 Å². The van der Waals surface area contributed by atoms with Gasteiger partial charge in [-0.3, -0.25) is 24.3 Å². The van der Waals surface area contributed by atoms with E-state index >= 15 is 0 Å². The first-order chi connectivity index (χ1) is 13.8. The summed E-state index contributed by atoms with van der Waals surface area (Å²) in [6.45, 7) is 5.18. The predicted octanol–water partition coefficient (Wildman–Crippen LogP) is 1.95. The van der Waals surface area contributed by atoms with Crippen LogP contribution in [0.5, 0.6) is 0 Å². The Hall–Kier alpha value is -3.55. The molecule has 3 rings (SSSR count). The lowest BCUT2D eigenvalue weighted by molar-refractivity contribution is -0.129. The van der Waals surface area contributed by atoms with Crippen LogP contribution >= 0.6 is 0 Å². The summed E-state index contributed by atoms with van der Waals surface area (Å²) in [5.74, 6) is -2.07. The van der Waals surface area contributed by atoms with Crippen LogP contribution < -0.4 is 5.32 Å². The second-order valence-electron chi connectivity index (χ2n) is 7.02. The first-order valence-corrected chi connectivity index (χ1v) is 9.18. The van der Waals surface area contributed by atoms with Crippen molar-refractivity contribution >= 4 is 23.7 Å². The van der Waals surface area contributed by atoms with Crippen molar-refractivity contribution < 1.29 is 23.9 Å². The number of esters is 1. The van der Waals surface area contributed by atoms with Gasteiger partial charge in [-0.15, -0.1) is 0 Å². The van der Waals surface area contributed by atoms with Crippen LogP contribution in [0, 0.1) is 0 Å². The molecule has 8 heteroatoms. The van der Waals surface area contributed by atoms with E-state index in [1.54, 1.807) is 38.4 Å². The Bertz CT molecular complexity index is 972. The summed E-state index contributed by atoms with van der Waals surface area (Å²) in [5.41, 5.74) is 1.22. The van der Waals surface area contributed by atoms with Crippen molar-refractivity contribution in [1.29, 1.82) is 0 Å². The third-order valence-corrected chi connectivity index (χ3v) is 4.38. The zero-order chi connectivity index (χ0) is 21.1. The molecule has 2 heterocycles. The van der Waals surface area contributed by atoms with Crippen LogP contribution in [0.3, 0.4) is 0 Å². The molecule has 0 unspecified atom stereocenters. The highest BCUT2D eigenvalue weighted by molar-refractivity contribution is 6.21. The second kappa shape index (κ2) is 8.22. The van der Waals surface area contributed by atoms with Crippen LogP contribution in [0.25, 0.3) is 0 Å². The molecule has 0 bridgehead atoms. The van der Waals surface area contributed by atoms with Crippen LogP contribution in [-0.4, -0.2) is 45.7 Å². The molecule has 1 aliphatic heterocycles. The maximum absolute atomic E-state index is 12.7. The number of hydrogen-bond acceptors (Lipinski definition) is 6. The predicted molar refractivity (Wildman–Crippen MR) is 103 cm³/mol. The minimum Gasteiger partial charge on any atom is -0.449 e. The highest BCUT2D eigenvalue weighted by Crippen LogP contribution is 2.26. The summed E-state index contributed by atoms with van der Waals surface area (Å²) in [6.07, 6.45) is 2.18. The van der Waals surface area contributed by atoms with Gasteiger partial charge in [0, 0.05) is 18.4 Å². The Balaban J connectivity index is 1.75. The number of carbonyl (C=O) groups excluding carboxylic acids is 4. The minimum atomic E-state index is -0.987. The second-order valence-corrected chi connectivity index (χ2v) is 7.02. The van der Waals surface area contributed by atoms with Crippen LogP contribution in [0.1, 0.15) is 57.4 Å². The van der Waals surface area contributed by atoms with Gasteiger partial charge >= 0.3 is 5.97 Å². The Labute approximate surface area is 167 Å². The number of ether oxygens (including phenoxy) is 1. The molecule has 1 aromatic carbocycles. The summed E-state index contributed by atoms with van der Waals surface area (Å²) in [6, 6.07) is 7.52.